The fourth-order valence-electron chi connectivity index (χ4n) is 1.32. The normalized spacial score (nSPS) is 10.4. The second kappa shape index (κ2) is 4.85. The van der Waals surface area contributed by atoms with E-state index in [-0.39, 0.29) is 0 Å². The molecule has 1 heterocycles. The molecular formula is C11H8Cl2FN3. The van der Waals surface area contributed by atoms with Crippen molar-refractivity contribution < 1.29 is 4.39 Å². The average Bonchev–Trinajstić information content (AvgIpc) is 2.23. The Morgan fingerprint density at radius 2 is 1.94 bits per heavy atom. The zero-order valence-corrected chi connectivity index (χ0v) is 10.3. The summed E-state index contributed by atoms with van der Waals surface area (Å²) in [6.45, 7) is 1.77. The minimum absolute atomic E-state index is 0.310. The van der Waals surface area contributed by atoms with Gasteiger partial charge in [-0.05, 0) is 25.1 Å². The van der Waals surface area contributed by atoms with Gasteiger partial charge in [0.15, 0.2) is 0 Å². The van der Waals surface area contributed by atoms with Gasteiger partial charge in [-0.1, -0.05) is 23.2 Å². The van der Waals surface area contributed by atoms with E-state index in [1.807, 2.05) is 0 Å². The van der Waals surface area contributed by atoms with Gasteiger partial charge >= 0.3 is 0 Å². The van der Waals surface area contributed by atoms with Crippen molar-refractivity contribution in [1.82, 2.24) is 9.97 Å². The van der Waals surface area contributed by atoms with Crippen LogP contribution in [0.2, 0.25) is 10.2 Å². The first-order chi connectivity index (χ1) is 8.06. The molecule has 1 aromatic carbocycles. The van der Waals surface area contributed by atoms with Crippen LogP contribution in [-0.4, -0.2) is 9.97 Å². The van der Waals surface area contributed by atoms with Crippen molar-refractivity contribution in [2.45, 2.75) is 6.92 Å². The number of aromatic nitrogens is 2. The van der Waals surface area contributed by atoms with Crippen molar-refractivity contribution in [2.75, 3.05) is 5.32 Å². The molecule has 0 radical (unpaired) electrons. The fraction of sp³-hybridized carbons (Fsp3) is 0.0909. The molecule has 0 saturated heterocycles. The van der Waals surface area contributed by atoms with Gasteiger partial charge in [0.05, 0.1) is 0 Å². The Morgan fingerprint density at radius 1 is 1.18 bits per heavy atom. The third-order valence-corrected chi connectivity index (χ3v) is 2.75. The van der Waals surface area contributed by atoms with Crippen LogP contribution in [0.3, 0.4) is 0 Å². The van der Waals surface area contributed by atoms with Crippen LogP contribution in [0.5, 0.6) is 0 Å². The molecular weight excluding hydrogens is 264 g/mol. The number of halogens is 3. The third kappa shape index (κ3) is 2.84. The van der Waals surface area contributed by atoms with Crippen LogP contribution < -0.4 is 5.32 Å². The molecule has 0 fully saturated rings. The summed E-state index contributed by atoms with van der Waals surface area (Å²) in [5.41, 5.74) is 1.20. The lowest BCUT2D eigenvalue weighted by atomic mass is 10.3. The van der Waals surface area contributed by atoms with Gasteiger partial charge in [-0.3, -0.25) is 0 Å². The van der Waals surface area contributed by atoms with E-state index in [0.29, 0.717) is 27.2 Å². The quantitative estimate of drug-likeness (QED) is 0.840. The van der Waals surface area contributed by atoms with Crippen molar-refractivity contribution in [2.24, 2.45) is 0 Å². The summed E-state index contributed by atoms with van der Waals surface area (Å²) in [7, 11) is 0. The highest BCUT2D eigenvalue weighted by Crippen LogP contribution is 2.24. The average molecular weight is 272 g/mol. The highest BCUT2D eigenvalue weighted by Gasteiger charge is 2.06. The molecule has 0 amide bonds. The lowest BCUT2D eigenvalue weighted by molar-refractivity contribution is 0.628. The number of nitrogens with zero attached hydrogens (tertiary/aromatic N) is 2. The smallest absolute Gasteiger partial charge is 0.138 e. The van der Waals surface area contributed by atoms with Crippen LogP contribution >= 0.6 is 23.2 Å². The van der Waals surface area contributed by atoms with Crippen LogP contribution in [0.15, 0.2) is 24.5 Å². The molecule has 2 aromatic rings. The summed E-state index contributed by atoms with van der Waals surface area (Å²) >= 11 is 11.6. The topological polar surface area (TPSA) is 37.8 Å². The molecule has 0 spiro atoms. The van der Waals surface area contributed by atoms with Gasteiger partial charge in [0, 0.05) is 16.3 Å². The first-order valence-electron chi connectivity index (χ1n) is 4.76. The molecule has 0 aliphatic heterocycles. The van der Waals surface area contributed by atoms with E-state index in [1.54, 1.807) is 13.0 Å². The lowest BCUT2D eigenvalue weighted by Crippen LogP contribution is -1.98. The van der Waals surface area contributed by atoms with Crippen molar-refractivity contribution >= 4 is 34.7 Å². The summed E-state index contributed by atoms with van der Waals surface area (Å²) in [5.74, 6) is 0.101. The molecule has 0 aliphatic carbocycles. The van der Waals surface area contributed by atoms with Gasteiger partial charge in [0.2, 0.25) is 0 Å². The number of rotatable bonds is 2. The first kappa shape index (κ1) is 12.1. The van der Waals surface area contributed by atoms with Gasteiger partial charge in [-0.2, -0.15) is 0 Å². The van der Waals surface area contributed by atoms with Crippen LogP contribution in [-0.2, 0) is 0 Å². The molecule has 1 aromatic heterocycles. The van der Waals surface area contributed by atoms with Crippen LogP contribution in [0.25, 0.3) is 0 Å². The first-order valence-corrected chi connectivity index (χ1v) is 5.52. The predicted octanol–water partition coefficient (Wildman–Crippen LogP) is 3.97. The number of hydrogen-bond acceptors (Lipinski definition) is 3. The lowest BCUT2D eigenvalue weighted by Gasteiger charge is -2.09. The zero-order valence-electron chi connectivity index (χ0n) is 8.84. The molecule has 0 aliphatic rings. The van der Waals surface area contributed by atoms with Crippen molar-refractivity contribution in [3.63, 3.8) is 0 Å². The fourth-order valence-corrected chi connectivity index (χ4v) is 1.67. The largest absolute Gasteiger partial charge is 0.340 e. The molecule has 2 rings (SSSR count). The van der Waals surface area contributed by atoms with E-state index in [1.165, 1.54) is 18.5 Å². The standard InChI is InChI=1S/C11H8Cl2FN3/c1-6-10(13)15-5-16-11(6)17-9-3-7(12)2-8(14)4-9/h2-5H,1H3,(H,15,16,17). The minimum Gasteiger partial charge on any atom is -0.340 e. The molecule has 3 nitrogen and oxygen atoms in total. The molecule has 6 heteroatoms. The molecule has 0 unspecified atom stereocenters. The highest BCUT2D eigenvalue weighted by molar-refractivity contribution is 6.31. The van der Waals surface area contributed by atoms with Crippen molar-refractivity contribution in [1.29, 1.82) is 0 Å². The summed E-state index contributed by atoms with van der Waals surface area (Å²) in [5, 5.41) is 3.60. The maximum atomic E-state index is 13.1. The second-order valence-corrected chi connectivity index (χ2v) is 4.22. The van der Waals surface area contributed by atoms with Crippen LogP contribution in [0.4, 0.5) is 15.9 Å². The van der Waals surface area contributed by atoms with Gasteiger partial charge in [0.25, 0.3) is 0 Å². The number of anilines is 2. The van der Waals surface area contributed by atoms with E-state index in [9.17, 15) is 4.39 Å². The number of nitrogens with one attached hydrogen (secondary N) is 1. The van der Waals surface area contributed by atoms with Gasteiger partial charge in [-0.15, -0.1) is 0 Å². The molecule has 1 N–H and O–H groups in total. The SMILES string of the molecule is Cc1c(Cl)ncnc1Nc1cc(F)cc(Cl)c1. The summed E-state index contributed by atoms with van der Waals surface area (Å²) < 4.78 is 13.1. The minimum atomic E-state index is -0.419. The van der Waals surface area contributed by atoms with E-state index < -0.39 is 5.82 Å². The van der Waals surface area contributed by atoms with E-state index >= 15 is 0 Å². The van der Waals surface area contributed by atoms with Gasteiger partial charge < -0.3 is 5.32 Å². The Balaban J connectivity index is 2.34. The van der Waals surface area contributed by atoms with Gasteiger partial charge in [0.1, 0.15) is 23.1 Å². The number of hydrogen-bond donors (Lipinski definition) is 1. The Hall–Kier alpha value is -1.39. The monoisotopic (exact) mass is 271 g/mol. The van der Waals surface area contributed by atoms with Crippen molar-refractivity contribution in [3.8, 4) is 0 Å². The molecule has 0 saturated carbocycles. The molecule has 0 bridgehead atoms. The summed E-state index contributed by atoms with van der Waals surface area (Å²) in [4.78, 5) is 7.85. The third-order valence-electron chi connectivity index (χ3n) is 2.15. The van der Waals surface area contributed by atoms with E-state index in [0.717, 1.165) is 0 Å². The van der Waals surface area contributed by atoms with Crippen LogP contribution in [0, 0.1) is 12.7 Å². The second-order valence-electron chi connectivity index (χ2n) is 3.42. The summed E-state index contributed by atoms with van der Waals surface area (Å²) in [6.07, 6.45) is 1.33. The Kier molecular flexibility index (Phi) is 3.45. The zero-order chi connectivity index (χ0) is 12.4. The molecule has 17 heavy (non-hydrogen) atoms. The van der Waals surface area contributed by atoms with Gasteiger partial charge in [-0.25, -0.2) is 14.4 Å². The highest BCUT2D eigenvalue weighted by atomic mass is 35.5. The Morgan fingerprint density at radius 3 is 2.65 bits per heavy atom. The maximum Gasteiger partial charge on any atom is 0.138 e. The Labute approximate surface area is 108 Å². The maximum absolute atomic E-state index is 13.1. The van der Waals surface area contributed by atoms with E-state index in [2.05, 4.69) is 15.3 Å². The Bertz CT molecular complexity index is 540. The van der Waals surface area contributed by atoms with Crippen molar-refractivity contribution in [3.05, 3.63) is 46.1 Å². The molecule has 0 atom stereocenters. The predicted molar refractivity (Wildman–Crippen MR) is 66.5 cm³/mol. The summed E-state index contributed by atoms with van der Waals surface area (Å²) in [6, 6.07) is 4.15. The van der Waals surface area contributed by atoms with E-state index in [4.69, 9.17) is 23.2 Å². The number of benzene rings is 1. The van der Waals surface area contributed by atoms with Crippen LogP contribution in [0.1, 0.15) is 5.56 Å². The molecule has 88 valence electrons.